The van der Waals surface area contributed by atoms with Gasteiger partial charge in [0.05, 0.1) is 24.2 Å². The summed E-state index contributed by atoms with van der Waals surface area (Å²) in [6, 6.07) is 3.46. The van der Waals surface area contributed by atoms with Crippen LogP contribution in [0.3, 0.4) is 0 Å². The lowest BCUT2D eigenvalue weighted by atomic mass is 10.0. The Morgan fingerprint density at radius 2 is 2.19 bits per heavy atom. The first-order valence-electron chi connectivity index (χ1n) is 6.30. The fourth-order valence-corrected chi connectivity index (χ4v) is 3.53. The molecule has 0 amide bonds. The van der Waals surface area contributed by atoms with E-state index in [-0.39, 0.29) is 22.8 Å². The van der Waals surface area contributed by atoms with Gasteiger partial charge < -0.3 is 14.6 Å². The number of rotatable bonds is 4. The first kappa shape index (κ1) is 15.7. The molecule has 1 aromatic carbocycles. The normalized spacial score (nSPS) is 22.2. The molecule has 1 heterocycles. The van der Waals surface area contributed by atoms with Crippen LogP contribution in [0.4, 0.5) is 0 Å². The molecule has 2 N–H and O–H groups in total. The highest BCUT2D eigenvalue weighted by Crippen LogP contribution is 2.25. The van der Waals surface area contributed by atoms with Crippen LogP contribution < -0.4 is 4.72 Å². The SMILES string of the molecule is COC(=O)c1cc(S(=O)(=O)NC2(C)CCOC2)ccc1O. The van der Waals surface area contributed by atoms with Crippen molar-refractivity contribution in [2.45, 2.75) is 23.8 Å². The number of carbonyl (C=O) groups excluding carboxylic acids is 1. The molecule has 1 aliphatic rings. The van der Waals surface area contributed by atoms with E-state index in [1.165, 1.54) is 6.07 Å². The summed E-state index contributed by atoms with van der Waals surface area (Å²) in [4.78, 5) is 11.4. The fraction of sp³-hybridized carbons (Fsp3) is 0.462. The molecule has 1 aliphatic heterocycles. The van der Waals surface area contributed by atoms with Crippen molar-refractivity contribution in [2.75, 3.05) is 20.3 Å². The van der Waals surface area contributed by atoms with E-state index in [0.717, 1.165) is 19.2 Å². The first-order chi connectivity index (χ1) is 9.77. The molecule has 0 radical (unpaired) electrons. The van der Waals surface area contributed by atoms with Gasteiger partial charge in [0.1, 0.15) is 11.3 Å². The highest BCUT2D eigenvalue weighted by atomic mass is 32.2. The number of esters is 1. The Morgan fingerprint density at radius 1 is 1.48 bits per heavy atom. The maximum absolute atomic E-state index is 12.4. The van der Waals surface area contributed by atoms with Gasteiger partial charge in [-0.3, -0.25) is 0 Å². The monoisotopic (exact) mass is 315 g/mol. The van der Waals surface area contributed by atoms with Gasteiger partial charge in [-0.15, -0.1) is 0 Å². The summed E-state index contributed by atoms with van der Waals surface area (Å²) in [5.41, 5.74) is -0.879. The molecule has 7 nitrogen and oxygen atoms in total. The second-order valence-corrected chi connectivity index (χ2v) is 6.82. The van der Waals surface area contributed by atoms with Crippen LogP contribution in [-0.4, -0.2) is 45.4 Å². The fourth-order valence-electron chi connectivity index (χ4n) is 2.09. The Bertz CT molecular complexity index is 649. The van der Waals surface area contributed by atoms with Crippen molar-refractivity contribution < 1.29 is 27.8 Å². The smallest absolute Gasteiger partial charge is 0.341 e. The van der Waals surface area contributed by atoms with Gasteiger partial charge in [0.25, 0.3) is 0 Å². The Labute approximate surface area is 122 Å². The third-order valence-corrected chi connectivity index (χ3v) is 4.92. The second-order valence-electron chi connectivity index (χ2n) is 5.14. The molecule has 0 spiro atoms. The minimum Gasteiger partial charge on any atom is -0.507 e. The predicted octanol–water partition coefficient (Wildman–Crippen LogP) is 0.636. The van der Waals surface area contributed by atoms with Crippen molar-refractivity contribution in [3.63, 3.8) is 0 Å². The van der Waals surface area contributed by atoms with E-state index in [1.807, 2.05) is 0 Å². The van der Waals surface area contributed by atoms with E-state index in [4.69, 9.17) is 4.74 Å². The molecule has 0 bridgehead atoms. The highest BCUT2D eigenvalue weighted by Gasteiger charge is 2.35. The van der Waals surface area contributed by atoms with Crippen molar-refractivity contribution in [1.29, 1.82) is 0 Å². The van der Waals surface area contributed by atoms with E-state index >= 15 is 0 Å². The molecule has 1 fully saturated rings. The Balaban J connectivity index is 2.34. The number of sulfonamides is 1. The molecule has 0 aromatic heterocycles. The van der Waals surface area contributed by atoms with Gasteiger partial charge in [-0.25, -0.2) is 17.9 Å². The van der Waals surface area contributed by atoms with Crippen molar-refractivity contribution >= 4 is 16.0 Å². The maximum atomic E-state index is 12.4. The summed E-state index contributed by atoms with van der Waals surface area (Å²) in [6.45, 7) is 2.52. The summed E-state index contributed by atoms with van der Waals surface area (Å²) in [5, 5.41) is 9.60. The van der Waals surface area contributed by atoms with Crippen LogP contribution in [0.15, 0.2) is 23.1 Å². The number of carbonyl (C=O) groups is 1. The molecule has 1 aromatic rings. The average molecular weight is 315 g/mol. The molecule has 8 heteroatoms. The first-order valence-corrected chi connectivity index (χ1v) is 7.79. The van der Waals surface area contributed by atoms with Crippen LogP contribution in [0, 0.1) is 0 Å². The number of nitrogens with one attached hydrogen (secondary N) is 1. The van der Waals surface area contributed by atoms with Crippen molar-refractivity contribution in [2.24, 2.45) is 0 Å². The van der Waals surface area contributed by atoms with E-state index in [9.17, 15) is 18.3 Å². The number of hydrogen-bond donors (Lipinski definition) is 2. The zero-order valence-electron chi connectivity index (χ0n) is 11.8. The molecule has 116 valence electrons. The van der Waals surface area contributed by atoms with Crippen molar-refractivity contribution in [3.05, 3.63) is 23.8 Å². The largest absolute Gasteiger partial charge is 0.507 e. The predicted molar refractivity (Wildman–Crippen MR) is 73.6 cm³/mol. The maximum Gasteiger partial charge on any atom is 0.341 e. The van der Waals surface area contributed by atoms with Crippen LogP contribution >= 0.6 is 0 Å². The number of benzene rings is 1. The number of hydrogen-bond acceptors (Lipinski definition) is 6. The van der Waals surface area contributed by atoms with E-state index in [2.05, 4.69) is 9.46 Å². The van der Waals surface area contributed by atoms with Gasteiger partial charge >= 0.3 is 5.97 Å². The third-order valence-electron chi connectivity index (χ3n) is 3.28. The lowest BCUT2D eigenvalue weighted by molar-refractivity contribution is 0.0597. The number of methoxy groups -OCH3 is 1. The molecule has 21 heavy (non-hydrogen) atoms. The molecule has 1 unspecified atom stereocenters. The van der Waals surface area contributed by atoms with Gasteiger partial charge in [-0.1, -0.05) is 0 Å². The van der Waals surface area contributed by atoms with E-state index < -0.39 is 21.5 Å². The van der Waals surface area contributed by atoms with Crippen LogP contribution in [0.2, 0.25) is 0 Å². The summed E-state index contributed by atoms with van der Waals surface area (Å²) < 4.78 is 37.0. The van der Waals surface area contributed by atoms with Crippen LogP contribution in [-0.2, 0) is 19.5 Å². The second kappa shape index (κ2) is 5.63. The van der Waals surface area contributed by atoms with Crippen molar-refractivity contribution in [3.8, 4) is 5.75 Å². The summed E-state index contributed by atoms with van der Waals surface area (Å²) in [6.07, 6.45) is 0.564. The lowest BCUT2D eigenvalue weighted by Gasteiger charge is -2.23. The Hall–Kier alpha value is -1.64. The molecule has 0 aliphatic carbocycles. The van der Waals surface area contributed by atoms with E-state index in [1.54, 1.807) is 6.92 Å². The average Bonchev–Trinajstić information content (AvgIpc) is 2.83. The number of ether oxygens (including phenoxy) is 2. The summed E-state index contributed by atoms with van der Waals surface area (Å²) >= 11 is 0. The number of phenols is 1. The van der Waals surface area contributed by atoms with Crippen LogP contribution in [0.1, 0.15) is 23.7 Å². The number of phenolic OH excluding ortho intramolecular Hbond substituents is 1. The molecule has 2 rings (SSSR count). The molecule has 1 atom stereocenters. The number of aromatic hydroxyl groups is 1. The van der Waals surface area contributed by atoms with Gasteiger partial charge in [0.2, 0.25) is 10.0 Å². The molecule has 0 saturated carbocycles. The quantitative estimate of drug-likeness (QED) is 0.790. The lowest BCUT2D eigenvalue weighted by Crippen LogP contribution is -2.46. The van der Waals surface area contributed by atoms with Gasteiger partial charge in [0, 0.05) is 6.61 Å². The molecular formula is C13H17NO6S. The minimum absolute atomic E-state index is 0.117. The minimum atomic E-state index is -3.83. The summed E-state index contributed by atoms with van der Waals surface area (Å²) in [5.74, 6) is -1.14. The Kier molecular flexibility index (Phi) is 4.22. The summed E-state index contributed by atoms with van der Waals surface area (Å²) in [7, 11) is -2.68. The van der Waals surface area contributed by atoms with Crippen LogP contribution in [0.5, 0.6) is 5.75 Å². The van der Waals surface area contributed by atoms with Crippen LogP contribution in [0.25, 0.3) is 0 Å². The van der Waals surface area contributed by atoms with Gasteiger partial charge in [-0.2, -0.15) is 0 Å². The highest BCUT2D eigenvalue weighted by molar-refractivity contribution is 7.89. The van der Waals surface area contributed by atoms with Gasteiger partial charge in [-0.05, 0) is 31.5 Å². The molecular weight excluding hydrogens is 298 g/mol. The van der Waals surface area contributed by atoms with E-state index in [0.29, 0.717) is 13.0 Å². The standard InChI is InChI=1S/C13H17NO6S/c1-13(5-6-20-8-13)14-21(17,18)9-3-4-11(15)10(7-9)12(16)19-2/h3-4,7,14-15H,5-6,8H2,1-2H3. The molecule has 1 saturated heterocycles. The third kappa shape index (κ3) is 3.34. The van der Waals surface area contributed by atoms with Gasteiger partial charge in [0.15, 0.2) is 0 Å². The topological polar surface area (TPSA) is 102 Å². The zero-order valence-corrected chi connectivity index (χ0v) is 12.6. The van der Waals surface area contributed by atoms with Crippen molar-refractivity contribution in [1.82, 2.24) is 4.72 Å². The Morgan fingerprint density at radius 3 is 2.76 bits per heavy atom. The zero-order chi connectivity index (χ0) is 15.7.